The Bertz CT molecular complexity index is 690. The highest BCUT2D eigenvalue weighted by Gasteiger charge is 2.21. The number of esters is 1. The number of aryl methyl sites for hydroxylation is 2. The van der Waals surface area contributed by atoms with Gasteiger partial charge in [0.15, 0.2) is 0 Å². The van der Waals surface area contributed by atoms with E-state index in [2.05, 4.69) is 10.3 Å². The van der Waals surface area contributed by atoms with Crippen molar-refractivity contribution in [3.63, 3.8) is 0 Å². The van der Waals surface area contributed by atoms with E-state index in [9.17, 15) is 9.59 Å². The molecule has 0 aromatic carbocycles. The SMILES string of the molecule is CCOC(=O)c1sc([C@H](C)NC(=O)c2cccn2C)nc1C. The highest BCUT2D eigenvalue weighted by molar-refractivity contribution is 7.13. The van der Waals surface area contributed by atoms with Crippen LogP contribution in [-0.4, -0.2) is 28.0 Å². The van der Waals surface area contributed by atoms with E-state index < -0.39 is 0 Å². The molecule has 1 N–H and O–H groups in total. The third-order valence-corrected chi connectivity index (χ3v) is 4.49. The van der Waals surface area contributed by atoms with E-state index in [4.69, 9.17) is 4.74 Å². The van der Waals surface area contributed by atoms with Gasteiger partial charge in [-0.3, -0.25) is 4.79 Å². The van der Waals surface area contributed by atoms with Gasteiger partial charge in [-0.1, -0.05) is 0 Å². The molecule has 2 heterocycles. The Labute approximate surface area is 133 Å². The van der Waals surface area contributed by atoms with E-state index in [1.165, 1.54) is 11.3 Å². The first-order chi connectivity index (χ1) is 10.4. The van der Waals surface area contributed by atoms with Gasteiger partial charge in [0.05, 0.1) is 18.3 Å². The van der Waals surface area contributed by atoms with Crippen LogP contribution < -0.4 is 5.32 Å². The zero-order valence-electron chi connectivity index (χ0n) is 13.0. The van der Waals surface area contributed by atoms with E-state index in [1.54, 1.807) is 24.5 Å². The van der Waals surface area contributed by atoms with E-state index in [-0.39, 0.29) is 17.9 Å². The van der Waals surface area contributed by atoms with Crippen molar-refractivity contribution >= 4 is 23.2 Å². The van der Waals surface area contributed by atoms with Crippen LogP contribution in [0.1, 0.15) is 50.8 Å². The average molecular weight is 321 g/mol. The summed E-state index contributed by atoms with van der Waals surface area (Å²) in [5, 5.41) is 3.57. The number of carbonyl (C=O) groups is 2. The Hall–Kier alpha value is -2.15. The van der Waals surface area contributed by atoms with Gasteiger partial charge in [0.2, 0.25) is 0 Å². The zero-order valence-corrected chi connectivity index (χ0v) is 13.9. The summed E-state index contributed by atoms with van der Waals surface area (Å²) in [6.45, 7) is 5.69. The maximum absolute atomic E-state index is 12.2. The number of nitrogens with zero attached hydrogens (tertiary/aromatic N) is 2. The van der Waals surface area contributed by atoms with Crippen molar-refractivity contribution < 1.29 is 14.3 Å². The van der Waals surface area contributed by atoms with Crippen molar-refractivity contribution in [1.29, 1.82) is 0 Å². The Morgan fingerprint density at radius 2 is 2.23 bits per heavy atom. The summed E-state index contributed by atoms with van der Waals surface area (Å²) in [4.78, 5) is 28.9. The predicted octanol–water partition coefficient (Wildman–Crippen LogP) is 2.46. The molecule has 118 valence electrons. The van der Waals surface area contributed by atoms with Gasteiger partial charge in [-0.05, 0) is 32.9 Å². The van der Waals surface area contributed by atoms with Gasteiger partial charge < -0.3 is 14.6 Å². The van der Waals surface area contributed by atoms with E-state index in [0.29, 0.717) is 27.9 Å². The molecule has 0 saturated heterocycles. The number of nitrogens with one attached hydrogen (secondary N) is 1. The van der Waals surface area contributed by atoms with Crippen molar-refractivity contribution in [2.24, 2.45) is 7.05 Å². The fourth-order valence-electron chi connectivity index (χ4n) is 2.02. The third kappa shape index (κ3) is 3.36. The molecule has 2 aromatic heterocycles. The lowest BCUT2D eigenvalue weighted by atomic mass is 10.3. The first-order valence-electron chi connectivity index (χ1n) is 7.00. The molecular formula is C15H19N3O3S. The lowest BCUT2D eigenvalue weighted by Crippen LogP contribution is -2.28. The monoisotopic (exact) mass is 321 g/mol. The summed E-state index contributed by atoms with van der Waals surface area (Å²) < 4.78 is 6.75. The summed E-state index contributed by atoms with van der Waals surface area (Å²) in [6.07, 6.45) is 1.81. The van der Waals surface area contributed by atoms with Crippen molar-refractivity contribution in [3.8, 4) is 0 Å². The highest BCUT2D eigenvalue weighted by Crippen LogP contribution is 2.24. The van der Waals surface area contributed by atoms with Crippen LogP contribution in [0.15, 0.2) is 18.3 Å². The van der Waals surface area contributed by atoms with Crippen LogP contribution in [0.3, 0.4) is 0 Å². The first kappa shape index (κ1) is 16.2. The molecule has 0 spiro atoms. The van der Waals surface area contributed by atoms with Crippen LogP contribution in [0.2, 0.25) is 0 Å². The Morgan fingerprint density at radius 1 is 1.50 bits per heavy atom. The van der Waals surface area contributed by atoms with Gasteiger partial charge in [-0.2, -0.15) is 0 Å². The second kappa shape index (κ2) is 6.74. The van der Waals surface area contributed by atoms with Crippen molar-refractivity contribution in [2.45, 2.75) is 26.8 Å². The molecule has 7 heteroatoms. The highest BCUT2D eigenvalue weighted by atomic mass is 32.1. The lowest BCUT2D eigenvalue weighted by molar-refractivity contribution is 0.0531. The number of ether oxygens (including phenoxy) is 1. The molecule has 0 radical (unpaired) electrons. The van der Waals surface area contributed by atoms with Crippen LogP contribution in [0.25, 0.3) is 0 Å². The van der Waals surface area contributed by atoms with Crippen molar-refractivity contribution in [1.82, 2.24) is 14.9 Å². The minimum Gasteiger partial charge on any atom is -0.462 e. The molecule has 0 aliphatic heterocycles. The molecule has 0 bridgehead atoms. The largest absolute Gasteiger partial charge is 0.462 e. The van der Waals surface area contributed by atoms with E-state index in [1.807, 2.05) is 26.2 Å². The number of hydrogen-bond donors (Lipinski definition) is 1. The summed E-state index contributed by atoms with van der Waals surface area (Å²) in [5.74, 6) is -0.546. The van der Waals surface area contributed by atoms with Gasteiger partial charge in [0.25, 0.3) is 5.91 Å². The van der Waals surface area contributed by atoms with Crippen LogP contribution in [0.5, 0.6) is 0 Å². The van der Waals surface area contributed by atoms with Gasteiger partial charge in [0, 0.05) is 13.2 Å². The molecule has 0 fully saturated rings. The van der Waals surface area contributed by atoms with Crippen LogP contribution in [0, 0.1) is 6.92 Å². The van der Waals surface area contributed by atoms with Crippen molar-refractivity contribution in [3.05, 3.63) is 39.6 Å². The van der Waals surface area contributed by atoms with Gasteiger partial charge in [-0.25, -0.2) is 9.78 Å². The molecule has 22 heavy (non-hydrogen) atoms. The number of rotatable bonds is 5. The Morgan fingerprint density at radius 3 is 2.82 bits per heavy atom. The molecule has 2 rings (SSSR count). The first-order valence-corrected chi connectivity index (χ1v) is 7.82. The second-order valence-electron chi connectivity index (χ2n) is 4.89. The Balaban J connectivity index is 2.12. The smallest absolute Gasteiger partial charge is 0.350 e. The predicted molar refractivity (Wildman–Crippen MR) is 84.1 cm³/mol. The van der Waals surface area contributed by atoms with Crippen LogP contribution >= 0.6 is 11.3 Å². The maximum Gasteiger partial charge on any atom is 0.350 e. The minimum atomic E-state index is -0.371. The second-order valence-corrected chi connectivity index (χ2v) is 5.92. The quantitative estimate of drug-likeness (QED) is 0.859. The molecule has 6 nitrogen and oxygen atoms in total. The minimum absolute atomic E-state index is 0.175. The molecule has 0 aliphatic carbocycles. The zero-order chi connectivity index (χ0) is 16.3. The molecule has 0 saturated carbocycles. The summed E-state index contributed by atoms with van der Waals surface area (Å²) >= 11 is 1.25. The maximum atomic E-state index is 12.2. The third-order valence-electron chi connectivity index (χ3n) is 3.17. The van der Waals surface area contributed by atoms with E-state index >= 15 is 0 Å². The number of amides is 1. The molecule has 1 amide bonds. The van der Waals surface area contributed by atoms with E-state index in [0.717, 1.165) is 0 Å². The normalized spacial score (nSPS) is 12.0. The number of aromatic nitrogens is 2. The number of thiazole rings is 1. The molecular weight excluding hydrogens is 302 g/mol. The number of hydrogen-bond acceptors (Lipinski definition) is 5. The molecule has 0 aliphatic rings. The molecule has 2 aromatic rings. The molecule has 0 unspecified atom stereocenters. The molecule has 1 atom stereocenters. The standard InChI is InChI=1S/C15H19N3O3S/c1-5-21-15(20)12-9(2)17-14(22-12)10(3)16-13(19)11-7-6-8-18(11)4/h6-8,10H,5H2,1-4H3,(H,16,19)/t10-/m0/s1. The van der Waals surface area contributed by atoms with Gasteiger partial charge in [-0.15, -0.1) is 11.3 Å². The summed E-state index contributed by atoms with van der Waals surface area (Å²) in [6, 6.07) is 3.28. The fraction of sp³-hybridized carbons (Fsp3) is 0.400. The van der Waals surface area contributed by atoms with Crippen molar-refractivity contribution in [2.75, 3.05) is 6.61 Å². The fourth-order valence-corrected chi connectivity index (χ4v) is 2.98. The Kier molecular flexibility index (Phi) is 4.97. The summed E-state index contributed by atoms with van der Waals surface area (Å²) in [5.41, 5.74) is 1.20. The van der Waals surface area contributed by atoms with Crippen LogP contribution in [0.4, 0.5) is 0 Å². The van der Waals surface area contributed by atoms with Gasteiger partial charge in [0.1, 0.15) is 15.6 Å². The average Bonchev–Trinajstić information content (AvgIpc) is 3.05. The lowest BCUT2D eigenvalue weighted by Gasteiger charge is -2.11. The topological polar surface area (TPSA) is 73.2 Å². The van der Waals surface area contributed by atoms with Crippen LogP contribution in [-0.2, 0) is 11.8 Å². The number of carbonyl (C=O) groups excluding carboxylic acids is 2. The summed E-state index contributed by atoms with van der Waals surface area (Å²) in [7, 11) is 1.81. The van der Waals surface area contributed by atoms with Gasteiger partial charge >= 0.3 is 5.97 Å².